The van der Waals surface area contributed by atoms with E-state index in [4.69, 9.17) is 10.5 Å². The van der Waals surface area contributed by atoms with Crippen molar-refractivity contribution in [2.75, 3.05) is 38.8 Å². The third-order valence-corrected chi connectivity index (χ3v) is 7.43. The number of methoxy groups -OCH3 is 1. The Morgan fingerprint density at radius 2 is 2.05 bits per heavy atom. The fourth-order valence-corrected chi connectivity index (χ4v) is 4.97. The average Bonchev–Trinajstić information content (AvgIpc) is 3.46. The molecule has 2 fully saturated rings. The van der Waals surface area contributed by atoms with E-state index in [0.717, 1.165) is 11.1 Å². The highest BCUT2D eigenvalue weighted by Gasteiger charge is 2.54. The number of aromatic nitrogens is 3. The van der Waals surface area contributed by atoms with Crippen molar-refractivity contribution in [2.24, 2.45) is 17.1 Å². The van der Waals surface area contributed by atoms with E-state index < -0.39 is 30.0 Å². The largest absolute Gasteiger partial charge is 0.378 e. The highest BCUT2D eigenvalue weighted by Crippen LogP contribution is 2.47. The van der Waals surface area contributed by atoms with Gasteiger partial charge in [-0.2, -0.15) is 10.4 Å². The lowest BCUT2D eigenvalue weighted by molar-refractivity contribution is -0.134. The Balaban J connectivity index is 1.40. The van der Waals surface area contributed by atoms with Crippen molar-refractivity contribution < 1.29 is 23.5 Å². The number of pyridine rings is 1. The van der Waals surface area contributed by atoms with Crippen LogP contribution >= 0.6 is 0 Å². The van der Waals surface area contributed by atoms with Gasteiger partial charge in [-0.15, -0.1) is 0 Å². The van der Waals surface area contributed by atoms with Gasteiger partial charge in [-0.05, 0) is 25.0 Å². The summed E-state index contributed by atoms with van der Waals surface area (Å²) >= 11 is 0. The van der Waals surface area contributed by atoms with Crippen molar-refractivity contribution in [2.45, 2.75) is 25.4 Å². The van der Waals surface area contributed by atoms with E-state index in [1.807, 2.05) is 12.1 Å². The van der Waals surface area contributed by atoms with Crippen LogP contribution in [0, 0.1) is 22.7 Å². The molecule has 0 bridgehead atoms. The molecule has 3 aromatic rings. The fourth-order valence-electron chi connectivity index (χ4n) is 4.97. The van der Waals surface area contributed by atoms with Crippen molar-refractivity contribution in [3.63, 3.8) is 0 Å². The van der Waals surface area contributed by atoms with Crippen LogP contribution in [-0.4, -0.2) is 76.7 Å². The molecule has 0 unspecified atom stereocenters. The molecule has 208 valence electrons. The smallest absolute Gasteiger partial charge is 0.252 e. The van der Waals surface area contributed by atoms with Crippen LogP contribution in [0.1, 0.15) is 28.9 Å². The number of primary amides is 1. The number of alkyl halides is 1. The number of hydrogen-bond donors (Lipinski definition) is 3. The molecule has 13 heteroatoms. The van der Waals surface area contributed by atoms with Crippen LogP contribution in [-0.2, 0) is 20.9 Å². The number of rotatable bonds is 10. The van der Waals surface area contributed by atoms with Crippen molar-refractivity contribution >= 4 is 28.9 Å². The molecule has 3 amide bonds. The number of carbonyl (C=O) groups excluding carboxylic acids is 3. The number of amides is 3. The monoisotopic (exact) mass is 548 g/mol. The number of ether oxygens (including phenoxy) is 1. The van der Waals surface area contributed by atoms with Gasteiger partial charge in [-0.25, -0.2) is 4.52 Å². The molecule has 12 nitrogen and oxygen atoms in total. The SMILES string of the molecule is COCC(=O)NCc1ccc(-c2cc3c(N[C@@H]4CN(C(=O)C5(C#N)CC5)C[C@@H]4CF)c(C(N)=O)cnn3c2)cn1. The quantitative estimate of drug-likeness (QED) is 0.340. The third kappa shape index (κ3) is 5.17. The lowest BCUT2D eigenvalue weighted by Gasteiger charge is -2.21. The Hall–Kier alpha value is -4.57. The topological polar surface area (TPSA) is 168 Å². The van der Waals surface area contributed by atoms with Gasteiger partial charge in [-0.3, -0.25) is 23.8 Å². The molecule has 1 saturated heterocycles. The van der Waals surface area contributed by atoms with Crippen LogP contribution in [0.15, 0.2) is 36.8 Å². The minimum absolute atomic E-state index is 0.0337. The van der Waals surface area contributed by atoms with Crippen molar-refractivity contribution in [3.05, 3.63) is 48.0 Å². The molecule has 5 rings (SSSR count). The van der Waals surface area contributed by atoms with E-state index in [9.17, 15) is 24.0 Å². The van der Waals surface area contributed by atoms with Crippen LogP contribution in [0.2, 0.25) is 0 Å². The molecule has 1 aliphatic carbocycles. The Labute approximate surface area is 229 Å². The van der Waals surface area contributed by atoms with Gasteiger partial charge in [0.25, 0.3) is 5.91 Å². The lowest BCUT2D eigenvalue weighted by atomic mass is 10.0. The fraction of sp³-hybridized carbons (Fsp3) is 0.407. The molecule has 0 radical (unpaired) electrons. The van der Waals surface area contributed by atoms with E-state index >= 15 is 0 Å². The Morgan fingerprint density at radius 1 is 1.25 bits per heavy atom. The van der Waals surface area contributed by atoms with E-state index in [1.54, 1.807) is 23.0 Å². The summed E-state index contributed by atoms with van der Waals surface area (Å²) in [5.74, 6) is -1.74. The number of likely N-dealkylation sites (tertiary alicyclic amines) is 1. The zero-order valence-corrected chi connectivity index (χ0v) is 21.9. The normalized spacial score (nSPS) is 19.3. The second kappa shape index (κ2) is 10.9. The van der Waals surface area contributed by atoms with Crippen LogP contribution in [0.4, 0.5) is 10.1 Å². The Kier molecular flexibility index (Phi) is 7.36. The first-order chi connectivity index (χ1) is 19.3. The predicted octanol–water partition coefficient (Wildman–Crippen LogP) is 1.27. The van der Waals surface area contributed by atoms with Gasteiger partial charge in [0, 0.05) is 49.6 Å². The Morgan fingerprint density at radius 3 is 2.67 bits per heavy atom. The minimum Gasteiger partial charge on any atom is -0.378 e. The first kappa shape index (κ1) is 27.0. The summed E-state index contributed by atoms with van der Waals surface area (Å²) in [6, 6.07) is 7.06. The highest BCUT2D eigenvalue weighted by atomic mass is 19.1. The number of nitrogens with zero attached hydrogens (tertiary/aromatic N) is 5. The summed E-state index contributed by atoms with van der Waals surface area (Å²) < 4.78 is 20.4. The van der Waals surface area contributed by atoms with E-state index in [1.165, 1.54) is 18.2 Å². The zero-order valence-electron chi connectivity index (χ0n) is 21.9. The molecular formula is C27H29FN8O4. The molecule has 3 aromatic heterocycles. The first-order valence-electron chi connectivity index (χ1n) is 12.8. The number of carbonyl (C=O) groups is 3. The molecule has 1 aliphatic heterocycles. The van der Waals surface area contributed by atoms with E-state index in [-0.39, 0.29) is 43.6 Å². The number of hydrogen-bond acceptors (Lipinski definition) is 8. The van der Waals surface area contributed by atoms with Gasteiger partial charge in [0.2, 0.25) is 11.8 Å². The van der Waals surface area contributed by atoms with Crippen molar-refractivity contribution in [1.29, 1.82) is 5.26 Å². The third-order valence-electron chi connectivity index (χ3n) is 7.43. The number of nitrogens with two attached hydrogens (primary N) is 1. The lowest BCUT2D eigenvalue weighted by Crippen LogP contribution is -2.36. The number of fused-ring (bicyclic) bond motifs is 1. The Bertz CT molecular complexity index is 1490. The van der Waals surface area contributed by atoms with Gasteiger partial charge in [-0.1, -0.05) is 6.07 Å². The summed E-state index contributed by atoms with van der Waals surface area (Å²) in [5.41, 5.74) is 7.92. The second-order valence-corrected chi connectivity index (χ2v) is 10.2. The van der Waals surface area contributed by atoms with Crippen LogP contribution in [0.5, 0.6) is 0 Å². The van der Waals surface area contributed by atoms with Crippen LogP contribution in [0.3, 0.4) is 0 Å². The van der Waals surface area contributed by atoms with Gasteiger partial charge >= 0.3 is 0 Å². The summed E-state index contributed by atoms with van der Waals surface area (Å²) in [6.45, 7) is -0.0777. The highest BCUT2D eigenvalue weighted by molar-refractivity contribution is 6.02. The van der Waals surface area contributed by atoms with Gasteiger partial charge in [0.05, 0.1) is 54.0 Å². The molecule has 2 aliphatic rings. The molecule has 2 atom stereocenters. The maximum Gasteiger partial charge on any atom is 0.252 e. The number of halogens is 1. The molecule has 1 saturated carbocycles. The van der Waals surface area contributed by atoms with E-state index in [2.05, 4.69) is 26.8 Å². The summed E-state index contributed by atoms with van der Waals surface area (Å²) in [6.07, 6.45) is 5.81. The zero-order chi connectivity index (χ0) is 28.4. The van der Waals surface area contributed by atoms with Crippen molar-refractivity contribution in [3.8, 4) is 17.2 Å². The van der Waals surface area contributed by atoms with Gasteiger partial charge < -0.3 is 26.0 Å². The number of anilines is 1. The van der Waals surface area contributed by atoms with Crippen molar-refractivity contribution in [1.82, 2.24) is 24.8 Å². The summed E-state index contributed by atoms with van der Waals surface area (Å²) in [7, 11) is 1.44. The number of nitrogens with one attached hydrogen (secondary N) is 2. The predicted molar refractivity (Wildman–Crippen MR) is 141 cm³/mol. The molecule has 0 spiro atoms. The van der Waals surface area contributed by atoms with Gasteiger partial charge in [0.15, 0.2) is 0 Å². The van der Waals surface area contributed by atoms with Gasteiger partial charge in [0.1, 0.15) is 12.0 Å². The van der Waals surface area contributed by atoms with Crippen LogP contribution in [0.25, 0.3) is 16.6 Å². The summed E-state index contributed by atoms with van der Waals surface area (Å²) in [4.78, 5) is 42.8. The molecule has 40 heavy (non-hydrogen) atoms. The number of nitriles is 1. The summed E-state index contributed by atoms with van der Waals surface area (Å²) in [5, 5.41) is 19.7. The van der Waals surface area contributed by atoms with E-state index in [0.29, 0.717) is 29.7 Å². The first-order valence-corrected chi connectivity index (χ1v) is 12.8. The minimum atomic E-state index is -0.992. The molecule has 4 heterocycles. The average molecular weight is 549 g/mol. The maximum absolute atomic E-state index is 14.1. The molecule has 0 aromatic carbocycles. The molecular weight excluding hydrogens is 519 g/mol. The van der Waals surface area contributed by atoms with Crippen LogP contribution < -0.4 is 16.4 Å². The second-order valence-electron chi connectivity index (χ2n) is 10.2. The molecule has 4 N–H and O–H groups in total. The standard InChI is InChI=1S/C27H29FN8O4/c1-40-14-23(37)32-9-19-3-2-16(8-31-19)17-6-22-24(20(25(30)38)10-33-36(22)12-17)34-21-13-35(11-18(21)7-28)26(39)27(15-29)4-5-27/h2-3,6,8,10,12,18,21,34H,4-5,7,9,11,13-14H2,1H3,(H2,30,38)(H,32,37)/t18-,21+/m0/s1. The maximum atomic E-state index is 14.1.